The number of hydrogen-bond donors (Lipinski definition) is 2. The van der Waals surface area contributed by atoms with Crippen molar-refractivity contribution in [2.45, 2.75) is 64.2 Å². The highest BCUT2D eigenvalue weighted by molar-refractivity contribution is 5.98. The standard InChI is InChI=1S/C33H36N4O7/c1-20-14-24(42-2)10-12-26(20)35-30(38)18-36-27-16-22(31(39)34-23-6-4-3-5-7-23)9-11-25(27)32(40)37(33(36)41)17-21-8-13-28-29(15-21)44-19-43-28/h8-16,20,23,26H,3-7,17-19H2,1-2H3,(H,34,39)(H,35,38). The van der Waals surface area contributed by atoms with Crippen molar-refractivity contribution in [1.82, 2.24) is 19.8 Å². The van der Waals surface area contributed by atoms with E-state index in [9.17, 15) is 19.2 Å². The van der Waals surface area contributed by atoms with E-state index in [1.54, 1.807) is 43.5 Å². The molecule has 1 saturated carbocycles. The predicted molar refractivity (Wildman–Crippen MR) is 164 cm³/mol. The van der Waals surface area contributed by atoms with Gasteiger partial charge in [0.05, 0.1) is 30.6 Å². The zero-order chi connectivity index (χ0) is 30.8. The average molecular weight is 601 g/mol. The first-order chi connectivity index (χ1) is 21.3. The van der Waals surface area contributed by atoms with Crippen LogP contribution in [0.1, 0.15) is 54.9 Å². The van der Waals surface area contributed by atoms with Crippen LogP contribution < -0.4 is 31.4 Å². The Labute approximate surface area is 254 Å². The summed E-state index contributed by atoms with van der Waals surface area (Å²) >= 11 is 0. The van der Waals surface area contributed by atoms with Gasteiger partial charge in [-0.2, -0.15) is 0 Å². The number of nitrogens with one attached hydrogen (secondary N) is 2. The van der Waals surface area contributed by atoms with Crippen LogP contribution in [0.5, 0.6) is 11.5 Å². The zero-order valence-corrected chi connectivity index (χ0v) is 24.8. The van der Waals surface area contributed by atoms with Gasteiger partial charge in [0, 0.05) is 17.5 Å². The largest absolute Gasteiger partial charge is 0.497 e. The minimum absolute atomic E-state index is 0.0389. The van der Waals surface area contributed by atoms with Crippen LogP contribution in [-0.4, -0.2) is 46.9 Å². The third-order valence-corrected chi connectivity index (χ3v) is 8.53. The first-order valence-corrected chi connectivity index (χ1v) is 15.0. The van der Waals surface area contributed by atoms with Crippen molar-refractivity contribution < 1.29 is 23.8 Å². The fraction of sp³-hybridized carbons (Fsp3) is 0.394. The van der Waals surface area contributed by atoms with Crippen LogP contribution in [0.4, 0.5) is 0 Å². The highest BCUT2D eigenvalue weighted by Crippen LogP contribution is 2.32. The normalized spacial score (nSPS) is 19.5. The number of methoxy groups -OCH3 is 1. The summed E-state index contributed by atoms with van der Waals surface area (Å²) in [5, 5.41) is 6.29. The lowest BCUT2D eigenvalue weighted by atomic mass is 9.95. The molecule has 0 bridgehead atoms. The highest BCUT2D eigenvalue weighted by atomic mass is 16.7. The molecule has 2 aromatic carbocycles. The van der Waals surface area contributed by atoms with Gasteiger partial charge >= 0.3 is 5.69 Å². The molecule has 2 N–H and O–H groups in total. The van der Waals surface area contributed by atoms with E-state index in [-0.39, 0.29) is 54.7 Å². The second-order valence-corrected chi connectivity index (χ2v) is 11.6. The zero-order valence-electron chi connectivity index (χ0n) is 24.8. The van der Waals surface area contributed by atoms with Crippen LogP contribution in [-0.2, 0) is 22.6 Å². The number of nitrogens with zero attached hydrogens (tertiary/aromatic N) is 2. The molecule has 230 valence electrons. The van der Waals surface area contributed by atoms with Crippen molar-refractivity contribution in [3.05, 3.63) is 92.4 Å². The van der Waals surface area contributed by atoms with E-state index in [1.165, 1.54) is 10.6 Å². The summed E-state index contributed by atoms with van der Waals surface area (Å²) in [6, 6.07) is 9.69. The number of rotatable bonds is 8. The first kappa shape index (κ1) is 29.3. The predicted octanol–water partition coefficient (Wildman–Crippen LogP) is 3.22. The highest BCUT2D eigenvalue weighted by Gasteiger charge is 2.23. The van der Waals surface area contributed by atoms with Crippen LogP contribution in [0.25, 0.3) is 10.9 Å². The minimum atomic E-state index is -0.658. The quantitative estimate of drug-likeness (QED) is 0.406. The molecule has 3 aromatic rings. The Morgan fingerprint density at radius 3 is 2.55 bits per heavy atom. The average Bonchev–Trinajstić information content (AvgIpc) is 3.50. The van der Waals surface area contributed by atoms with Crippen molar-refractivity contribution in [3.63, 3.8) is 0 Å². The van der Waals surface area contributed by atoms with E-state index >= 15 is 0 Å². The van der Waals surface area contributed by atoms with Crippen LogP contribution in [0.15, 0.2) is 70.0 Å². The maximum atomic E-state index is 14.0. The van der Waals surface area contributed by atoms with E-state index in [0.717, 1.165) is 36.7 Å². The summed E-state index contributed by atoms with van der Waals surface area (Å²) in [5.41, 5.74) is 0.0376. The molecule has 11 nitrogen and oxygen atoms in total. The molecular formula is C33H36N4O7. The third kappa shape index (κ3) is 5.99. The smallest absolute Gasteiger partial charge is 0.332 e. The van der Waals surface area contributed by atoms with Gasteiger partial charge in [0.25, 0.3) is 11.5 Å². The van der Waals surface area contributed by atoms with E-state index < -0.39 is 17.2 Å². The Kier molecular flexibility index (Phi) is 8.28. The SMILES string of the molecule is COC1=CC(C)C(NC(=O)Cn2c(=O)n(Cc3ccc4c(c3)OCO4)c(=O)c3ccc(C(=O)NC4CCCCC4)cc32)C=C1. The molecule has 1 aromatic heterocycles. The van der Waals surface area contributed by atoms with E-state index in [4.69, 9.17) is 14.2 Å². The number of benzene rings is 2. The van der Waals surface area contributed by atoms with Crippen LogP contribution in [0.3, 0.4) is 0 Å². The molecule has 0 saturated heterocycles. The molecule has 0 spiro atoms. The topological polar surface area (TPSA) is 130 Å². The number of hydrogen-bond acceptors (Lipinski definition) is 7. The molecule has 3 aliphatic rings. The van der Waals surface area contributed by atoms with Gasteiger partial charge in [-0.05, 0) is 60.9 Å². The Hall–Kier alpha value is -4.80. The summed E-state index contributed by atoms with van der Waals surface area (Å²) in [7, 11) is 1.58. The number of ether oxygens (including phenoxy) is 3. The first-order valence-electron chi connectivity index (χ1n) is 15.0. The van der Waals surface area contributed by atoms with E-state index in [0.29, 0.717) is 28.4 Å². The number of fused-ring (bicyclic) bond motifs is 2. The molecular weight excluding hydrogens is 564 g/mol. The molecule has 2 aliphatic carbocycles. The minimum Gasteiger partial charge on any atom is -0.497 e. The van der Waals surface area contributed by atoms with Gasteiger partial charge < -0.3 is 24.8 Å². The van der Waals surface area contributed by atoms with Crippen molar-refractivity contribution in [1.29, 1.82) is 0 Å². The van der Waals surface area contributed by atoms with Crippen LogP contribution >= 0.6 is 0 Å². The van der Waals surface area contributed by atoms with Crippen molar-refractivity contribution in [2.24, 2.45) is 5.92 Å². The fourth-order valence-electron chi connectivity index (χ4n) is 6.07. The van der Waals surface area contributed by atoms with Gasteiger partial charge in [0.2, 0.25) is 12.7 Å². The number of carbonyl (C=O) groups excluding carboxylic acids is 2. The molecule has 2 atom stereocenters. The summed E-state index contributed by atoms with van der Waals surface area (Å²) in [6.45, 7) is 1.67. The maximum absolute atomic E-state index is 14.0. The monoisotopic (exact) mass is 600 g/mol. The van der Waals surface area contributed by atoms with Gasteiger partial charge in [-0.3, -0.25) is 23.5 Å². The number of aromatic nitrogens is 2. The number of carbonyl (C=O) groups is 2. The van der Waals surface area contributed by atoms with Gasteiger partial charge in [-0.25, -0.2) is 4.79 Å². The van der Waals surface area contributed by atoms with Crippen LogP contribution in [0.2, 0.25) is 0 Å². The number of amides is 2. The lowest BCUT2D eigenvalue weighted by Gasteiger charge is -2.24. The Morgan fingerprint density at radius 2 is 1.77 bits per heavy atom. The summed E-state index contributed by atoms with van der Waals surface area (Å²) < 4.78 is 18.5. The molecule has 6 rings (SSSR count). The molecule has 0 radical (unpaired) electrons. The molecule has 2 amide bonds. The Morgan fingerprint density at radius 1 is 0.977 bits per heavy atom. The molecule has 2 unspecified atom stereocenters. The molecule has 11 heteroatoms. The van der Waals surface area contributed by atoms with Gasteiger partial charge in [0.15, 0.2) is 11.5 Å². The molecule has 2 heterocycles. The summed E-state index contributed by atoms with van der Waals surface area (Å²) in [5.74, 6) is 1.11. The van der Waals surface area contributed by atoms with Crippen molar-refractivity contribution in [2.75, 3.05) is 13.9 Å². The third-order valence-electron chi connectivity index (χ3n) is 8.53. The van der Waals surface area contributed by atoms with E-state index in [2.05, 4.69) is 10.6 Å². The van der Waals surface area contributed by atoms with Gasteiger partial charge in [0.1, 0.15) is 12.3 Å². The summed E-state index contributed by atoms with van der Waals surface area (Å²) in [6.07, 6.45) is 10.7. The lowest BCUT2D eigenvalue weighted by molar-refractivity contribution is -0.122. The molecule has 1 fully saturated rings. The molecule has 1 aliphatic heterocycles. The lowest BCUT2D eigenvalue weighted by Crippen LogP contribution is -2.45. The number of allylic oxidation sites excluding steroid dienone is 1. The second kappa shape index (κ2) is 12.4. The van der Waals surface area contributed by atoms with Crippen LogP contribution in [0, 0.1) is 5.92 Å². The van der Waals surface area contributed by atoms with E-state index in [1.807, 2.05) is 19.1 Å². The fourth-order valence-corrected chi connectivity index (χ4v) is 6.07. The van der Waals surface area contributed by atoms with Crippen molar-refractivity contribution >= 4 is 22.7 Å². The maximum Gasteiger partial charge on any atom is 0.332 e. The van der Waals surface area contributed by atoms with Crippen molar-refractivity contribution in [3.8, 4) is 11.5 Å². The molecule has 44 heavy (non-hydrogen) atoms. The van der Waals surface area contributed by atoms with Gasteiger partial charge in [-0.15, -0.1) is 0 Å². The van der Waals surface area contributed by atoms with Gasteiger partial charge in [-0.1, -0.05) is 38.3 Å². The summed E-state index contributed by atoms with van der Waals surface area (Å²) in [4.78, 5) is 54.3. The Bertz CT molecular complexity index is 1780. The second-order valence-electron chi connectivity index (χ2n) is 11.6. The Balaban J connectivity index is 1.35.